The third-order valence-corrected chi connectivity index (χ3v) is 5.47. The van der Waals surface area contributed by atoms with Crippen molar-refractivity contribution < 1.29 is 14.6 Å². The smallest absolute Gasteiger partial charge is 0.224 e. The molecule has 0 bridgehead atoms. The number of aliphatic hydroxyl groups excluding tert-OH is 1. The summed E-state index contributed by atoms with van der Waals surface area (Å²) in [6.45, 7) is 2.76. The van der Waals surface area contributed by atoms with E-state index in [0.29, 0.717) is 38.6 Å². The summed E-state index contributed by atoms with van der Waals surface area (Å²) >= 11 is 1.55. The van der Waals surface area contributed by atoms with Gasteiger partial charge in [0, 0.05) is 30.3 Å². The van der Waals surface area contributed by atoms with Crippen LogP contribution in [0.1, 0.15) is 36.7 Å². The lowest BCUT2D eigenvalue weighted by Gasteiger charge is -2.37. The molecule has 0 aromatic carbocycles. The van der Waals surface area contributed by atoms with Gasteiger partial charge in [-0.25, -0.2) is 0 Å². The number of halogens is 1. The highest BCUT2D eigenvalue weighted by atomic mass is 35.5. The molecular weight excluding hydrogens is 336 g/mol. The molecular formula is C16H25ClN2O3S. The Hall–Kier alpha value is -0.660. The summed E-state index contributed by atoms with van der Waals surface area (Å²) in [5.41, 5.74) is 0. The maximum atomic E-state index is 12.6. The van der Waals surface area contributed by atoms with E-state index in [0.717, 1.165) is 24.3 Å². The fraction of sp³-hybridized carbons (Fsp3) is 0.688. The Balaban J connectivity index is 0.00000192. The van der Waals surface area contributed by atoms with Crippen molar-refractivity contribution in [2.75, 3.05) is 26.3 Å². The van der Waals surface area contributed by atoms with Gasteiger partial charge in [-0.05, 0) is 30.8 Å². The number of aliphatic hydroxyl groups is 1. The maximum absolute atomic E-state index is 12.6. The average Bonchev–Trinajstić information content (AvgIpc) is 3.21. The molecule has 1 aromatic heterocycles. The lowest BCUT2D eigenvalue weighted by atomic mass is 10.0. The Morgan fingerprint density at radius 1 is 1.57 bits per heavy atom. The summed E-state index contributed by atoms with van der Waals surface area (Å²) in [4.78, 5) is 15.5. The van der Waals surface area contributed by atoms with Gasteiger partial charge in [-0.3, -0.25) is 4.79 Å². The Kier molecular flexibility index (Phi) is 7.30. The number of amides is 1. The highest BCUT2D eigenvalue weighted by Crippen LogP contribution is 2.26. The minimum atomic E-state index is -0.522. The summed E-state index contributed by atoms with van der Waals surface area (Å²) in [6.07, 6.45) is 2.82. The normalized spacial score (nSPS) is 25.9. The first-order valence-electron chi connectivity index (χ1n) is 8.06. The average molecular weight is 361 g/mol. The number of ether oxygens (including phenoxy) is 1. The number of nitrogens with zero attached hydrogens (tertiary/aromatic N) is 1. The molecule has 2 saturated heterocycles. The summed E-state index contributed by atoms with van der Waals surface area (Å²) in [6, 6.07) is 4.17. The van der Waals surface area contributed by atoms with Gasteiger partial charge in [0.2, 0.25) is 5.91 Å². The van der Waals surface area contributed by atoms with Crippen LogP contribution in [-0.4, -0.2) is 54.3 Å². The van der Waals surface area contributed by atoms with Crippen LogP contribution in [0.3, 0.4) is 0 Å². The third kappa shape index (κ3) is 4.90. The monoisotopic (exact) mass is 360 g/mol. The molecule has 2 aliphatic rings. The second-order valence-electron chi connectivity index (χ2n) is 6.08. The van der Waals surface area contributed by atoms with E-state index in [4.69, 9.17) is 4.74 Å². The maximum Gasteiger partial charge on any atom is 0.224 e. The SMILES string of the molecule is Cl.O=C(CC1CCCN1)N1CCOCC1CC(O)c1cccs1. The van der Waals surface area contributed by atoms with Crippen LogP contribution in [0.5, 0.6) is 0 Å². The van der Waals surface area contributed by atoms with Crippen molar-refractivity contribution in [2.24, 2.45) is 0 Å². The molecule has 3 rings (SSSR count). The van der Waals surface area contributed by atoms with Gasteiger partial charge in [0.15, 0.2) is 0 Å². The van der Waals surface area contributed by atoms with E-state index in [1.165, 1.54) is 0 Å². The van der Waals surface area contributed by atoms with Crippen LogP contribution in [0.4, 0.5) is 0 Å². The molecule has 0 radical (unpaired) electrons. The highest BCUT2D eigenvalue weighted by Gasteiger charge is 2.31. The van der Waals surface area contributed by atoms with Gasteiger partial charge in [0.25, 0.3) is 0 Å². The van der Waals surface area contributed by atoms with Gasteiger partial charge in [-0.15, -0.1) is 23.7 Å². The standard InChI is InChI=1S/C16H24N2O3S.ClH/c19-14(15-4-2-8-22-15)10-13-11-21-7-6-18(13)16(20)9-12-3-1-5-17-12;/h2,4,8,12-14,17,19H,1,3,5-7,9-11H2;1H. The van der Waals surface area contributed by atoms with Crippen LogP contribution in [0, 0.1) is 0 Å². The van der Waals surface area contributed by atoms with E-state index in [9.17, 15) is 9.90 Å². The summed E-state index contributed by atoms with van der Waals surface area (Å²) < 4.78 is 5.53. The molecule has 2 N–H and O–H groups in total. The van der Waals surface area contributed by atoms with Crippen molar-refractivity contribution >= 4 is 29.7 Å². The molecule has 3 unspecified atom stereocenters. The number of thiophene rings is 1. The van der Waals surface area contributed by atoms with Crippen molar-refractivity contribution in [1.29, 1.82) is 0 Å². The van der Waals surface area contributed by atoms with Crippen LogP contribution in [0.15, 0.2) is 17.5 Å². The van der Waals surface area contributed by atoms with E-state index in [-0.39, 0.29) is 24.4 Å². The molecule has 130 valence electrons. The number of carbonyl (C=O) groups excluding carboxylic acids is 1. The zero-order valence-corrected chi connectivity index (χ0v) is 14.8. The Morgan fingerprint density at radius 3 is 3.13 bits per heavy atom. The zero-order valence-electron chi connectivity index (χ0n) is 13.1. The lowest BCUT2D eigenvalue weighted by molar-refractivity contribution is -0.141. The minimum Gasteiger partial charge on any atom is -0.387 e. The van der Waals surface area contributed by atoms with Crippen molar-refractivity contribution in [3.63, 3.8) is 0 Å². The van der Waals surface area contributed by atoms with E-state index < -0.39 is 6.10 Å². The highest BCUT2D eigenvalue weighted by molar-refractivity contribution is 7.10. The number of rotatable bonds is 5. The number of nitrogens with one attached hydrogen (secondary N) is 1. The largest absolute Gasteiger partial charge is 0.387 e. The quantitative estimate of drug-likeness (QED) is 0.842. The molecule has 0 spiro atoms. The number of morpholine rings is 1. The molecule has 2 fully saturated rings. The molecule has 1 aromatic rings. The molecule has 2 aliphatic heterocycles. The summed E-state index contributed by atoms with van der Waals surface area (Å²) in [7, 11) is 0. The molecule has 23 heavy (non-hydrogen) atoms. The van der Waals surface area contributed by atoms with Gasteiger partial charge in [0.05, 0.1) is 25.4 Å². The predicted molar refractivity (Wildman–Crippen MR) is 93.1 cm³/mol. The van der Waals surface area contributed by atoms with Crippen molar-refractivity contribution in [3.8, 4) is 0 Å². The number of hydrogen-bond donors (Lipinski definition) is 2. The van der Waals surface area contributed by atoms with Gasteiger partial charge in [0.1, 0.15) is 0 Å². The van der Waals surface area contributed by atoms with Crippen molar-refractivity contribution in [1.82, 2.24) is 10.2 Å². The first-order valence-corrected chi connectivity index (χ1v) is 8.94. The second kappa shape index (κ2) is 8.99. The first kappa shape index (κ1) is 18.7. The van der Waals surface area contributed by atoms with Gasteiger partial charge >= 0.3 is 0 Å². The van der Waals surface area contributed by atoms with Crippen LogP contribution in [0.2, 0.25) is 0 Å². The molecule has 5 nitrogen and oxygen atoms in total. The summed E-state index contributed by atoms with van der Waals surface area (Å²) in [5.74, 6) is 0.186. The zero-order chi connectivity index (χ0) is 15.4. The second-order valence-corrected chi connectivity index (χ2v) is 7.06. The fourth-order valence-corrected chi connectivity index (χ4v) is 4.02. The minimum absolute atomic E-state index is 0. The summed E-state index contributed by atoms with van der Waals surface area (Å²) in [5, 5.41) is 15.7. The first-order chi connectivity index (χ1) is 10.7. The number of hydrogen-bond acceptors (Lipinski definition) is 5. The molecule has 3 atom stereocenters. The Labute approximate surface area is 147 Å². The third-order valence-electron chi connectivity index (χ3n) is 4.50. The predicted octanol–water partition coefficient (Wildman–Crippen LogP) is 1.96. The number of carbonyl (C=O) groups is 1. The molecule has 1 amide bonds. The van der Waals surface area contributed by atoms with Crippen LogP contribution < -0.4 is 5.32 Å². The Bertz CT molecular complexity index is 480. The molecule has 3 heterocycles. The Morgan fingerprint density at radius 2 is 2.43 bits per heavy atom. The fourth-order valence-electron chi connectivity index (χ4n) is 3.29. The van der Waals surface area contributed by atoms with Crippen molar-refractivity contribution in [2.45, 2.75) is 43.9 Å². The lowest BCUT2D eigenvalue weighted by Crippen LogP contribution is -2.50. The van der Waals surface area contributed by atoms with E-state index >= 15 is 0 Å². The van der Waals surface area contributed by atoms with Crippen LogP contribution in [0.25, 0.3) is 0 Å². The van der Waals surface area contributed by atoms with Crippen LogP contribution in [-0.2, 0) is 9.53 Å². The van der Waals surface area contributed by atoms with E-state index in [2.05, 4.69) is 5.32 Å². The van der Waals surface area contributed by atoms with Gasteiger partial charge < -0.3 is 20.1 Å². The van der Waals surface area contributed by atoms with Gasteiger partial charge in [-0.1, -0.05) is 6.07 Å². The topological polar surface area (TPSA) is 61.8 Å². The van der Waals surface area contributed by atoms with E-state index in [1.807, 2.05) is 22.4 Å². The van der Waals surface area contributed by atoms with Crippen LogP contribution >= 0.6 is 23.7 Å². The van der Waals surface area contributed by atoms with E-state index in [1.54, 1.807) is 11.3 Å². The molecule has 0 saturated carbocycles. The molecule has 0 aliphatic carbocycles. The van der Waals surface area contributed by atoms with Gasteiger partial charge in [-0.2, -0.15) is 0 Å². The molecule has 7 heteroatoms. The van der Waals surface area contributed by atoms with Crippen molar-refractivity contribution in [3.05, 3.63) is 22.4 Å².